The highest BCUT2D eigenvalue weighted by Crippen LogP contribution is 2.34. The molecule has 1 aromatic carbocycles. The Morgan fingerprint density at radius 1 is 0.526 bits per heavy atom. The van der Waals surface area contributed by atoms with E-state index in [4.69, 9.17) is 0 Å². The van der Waals surface area contributed by atoms with Crippen molar-refractivity contribution in [3.8, 4) is 5.75 Å². The van der Waals surface area contributed by atoms with Gasteiger partial charge in [0.2, 0.25) is 0 Å². The van der Waals surface area contributed by atoms with Crippen molar-refractivity contribution in [2.45, 2.75) is 181 Å². The summed E-state index contributed by atoms with van der Waals surface area (Å²) in [6, 6.07) is 2.13. The number of carboxylic acids is 1. The third kappa shape index (κ3) is 15.8. The number of aryl methyl sites for hydroxylation is 2. The average Bonchev–Trinajstić information content (AvgIpc) is 2.91. The first-order valence-corrected chi connectivity index (χ1v) is 16.6. The third-order valence-corrected chi connectivity index (χ3v) is 8.16. The zero-order valence-corrected chi connectivity index (χ0v) is 25.6. The van der Waals surface area contributed by atoms with Gasteiger partial charge in [-0.2, -0.15) is 0 Å². The lowest BCUT2D eigenvalue weighted by Gasteiger charge is -2.20. The molecule has 220 valence electrons. The first-order valence-electron chi connectivity index (χ1n) is 16.6. The van der Waals surface area contributed by atoms with Crippen molar-refractivity contribution in [2.75, 3.05) is 0 Å². The molecule has 0 atom stereocenters. The summed E-state index contributed by atoms with van der Waals surface area (Å²) in [5, 5.41) is 20.5. The average molecular weight is 531 g/mol. The van der Waals surface area contributed by atoms with E-state index in [2.05, 4.69) is 26.8 Å². The van der Waals surface area contributed by atoms with Gasteiger partial charge in [-0.05, 0) is 67.2 Å². The lowest BCUT2D eigenvalue weighted by atomic mass is 9.87. The predicted octanol–water partition coefficient (Wildman–Crippen LogP) is 10.9. The molecule has 0 radical (unpaired) electrons. The topological polar surface area (TPSA) is 57.5 Å². The first-order chi connectivity index (χ1) is 18.5. The Morgan fingerprint density at radius 3 is 1.42 bits per heavy atom. The fourth-order valence-corrected chi connectivity index (χ4v) is 5.70. The highest BCUT2D eigenvalue weighted by molar-refractivity contribution is 5.67. The maximum Gasteiger partial charge on any atom is 0.303 e. The Balaban J connectivity index is 2.43. The largest absolute Gasteiger partial charge is 0.507 e. The maximum absolute atomic E-state index is 11.3. The molecule has 0 heterocycles. The Kier molecular flexibility index (Phi) is 21.2. The number of aromatic hydroxyl groups is 1. The van der Waals surface area contributed by atoms with Crippen LogP contribution in [0.15, 0.2) is 6.07 Å². The molecule has 3 heteroatoms. The summed E-state index contributed by atoms with van der Waals surface area (Å²) in [6.45, 7) is 6.65. The molecular weight excluding hydrogens is 468 g/mol. The zero-order chi connectivity index (χ0) is 27.8. The third-order valence-electron chi connectivity index (χ3n) is 8.16. The van der Waals surface area contributed by atoms with E-state index < -0.39 is 5.97 Å². The number of phenolic OH excluding ortho intramolecular Hbond substituents is 1. The molecule has 38 heavy (non-hydrogen) atoms. The summed E-state index contributed by atoms with van der Waals surface area (Å²) < 4.78 is 0. The minimum atomic E-state index is -0.739. The second-order valence-corrected chi connectivity index (χ2v) is 11.7. The second-order valence-electron chi connectivity index (χ2n) is 11.7. The van der Waals surface area contributed by atoms with Gasteiger partial charge >= 0.3 is 5.97 Å². The van der Waals surface area contributed by atoms with Crippen molar-refractivity contribution in [1.29, 1.82) is 0 Å². The number of unbranched alkanes of at least 4 members (excludes halogenated alkanes) is 17. The summed E-state index contributed by atoms with van der Waals surface area (Å²) in [6.07, 6.45) is 29.6. The second kappa shape index (κ2) is 23.4. The van der Waals surface area contributed by atoms with E-state index in [1.807, 2.05) is 0 Å². The van der Waals surface area contributed by atoms with Gasteiger partial charge in [0.1, 0.15) is 5.75 Å². The van der Waals surface area contributed by atoms with Crippen LogP contribution in [0.25, 0.3) is 0 Å². The molecule has 0 amide bonds. The van der Waals surface area contributed by atoms with Crippen molar-refractivity contribution >= 4 is 5.97 Å². The van der Waals surface area contributed by atoms with Crippen molar-refractivity contribution in [3.05, 3.63) is 28.3 Å². The normalized spacial score (nSPS) is 11.3. The van der Waals surface area contributed by atoms with Crippen LogP contribution in [-0.4, -0.2) is 16.2 Å². The Hall–Kier alpha value is -1.51. The number of rotatable bonds is 26. The van der Waals surface area contributed by atoms with E-state index in [0.29, 0.717) is 12.2 Å². The van der Waals surface area contributed by atoms with Crippen molar-refractivity contribution in [3.63, 3.8) is 0 Å². The molecule has 0 aliphatic rings. The first kappa shape index (κ1) is 34.5. The Morgan fingerprint density at radius 2 is 0.947 bits per heavy atom. The molecule has 0 aliphatic heterocycles. The molecule has 3 nitrogen and oxygen atoms in total. The summed E-state index contributed by atoms with van der Waals surface area (Å²) >= 11 is 0. The molecule has 2 N–H and O–H groups in total. The summed E-state index contributed by atoms with van der Waals surface area (Å²) in [4.78, 5) is 11.3. The van der Waals surface area contributed by atoms with Gasteiger partial charge in [0.25, 0.3) is 0 Å². The van der Waals surface area contributed by atoms with Crippen LogP contribution < -0.4 is 0 Å². The van der Waals surface area contributed by atoms with E-state index in [1.165, 1.54) is 107 Å². The summed E-state index contributed by atoms with van der Waals surface area (Å²) in [5.41, 5.74) is 4.56. The van der Waals surface area contributed by atoms with Crippen molar-refractivity contribution < 1.29 is 15.0 Å². The molecule has 0 spiro atoms. The van der Waals surface area contributed by atoms with E-state index in [1.54, 1.807) is 0 Å². The number of phenols is 1. The molecule has 0 bridgehead atoms. The predicted molar refractivity (Wildman–Crippen MR) is 165 cm³/mol. The minimum Gasteiger partial charge on any atom is -0.507 e. The maximum atomic E-state index is 11.3. The summed E-state index contributed by atoms with van der Waals surface area (Å²) in [7, 11) is 0. The molecule has 0 saturated carbocycles. The molecular formula is C35H62O3. The fraction of sp³-hybridized carbons (Fsp3) is 0.800. The fourth-order valence-electron chi connectivity index (χ4n) is 5.70. The highest BCUT2D eigenvalue weighted by atomic mass is 16.4. The molecule has 0 unspecified atom stereocenters. The van der Waals surface area contributed by atoms with Gasteiger partial charge in [-0.25, -0.2) is 0 Å². The molecule has 1 rings (SSSR count). The number of hydrogen-bond acceptors (Lipinski definition) is 2. The van der Waals surface area contributed by atoms with Crippen molar-refractivity contribution in [2.24, 2.45) is 0 Å². The molecule has 0 fully saturated rings. The van der Waals surface area contributed by atoms with Crippen LogP contribution in [0.3, 0.4) is 0 Å². The molecule has 0 aromatic heterocycles. The van der Waals surface area contributed by atoms with Crippen LogP contribution in [0, 0.1) is 0 Å². The van der Waals surface area contributed by atoms with Gasteiger partial charge in [-0.15, -0.1) is 0 Å². The van der Waals surface area contributed by atoms with Gasteiger partial charge in [-0.1, -0.05) is 136 Å². The van der Waals surface area contributed by atoms with Crippen LogP contribution >= 0.6 is 0 Å². The quantitative estimate of drug-likeness (QED) is 0.117. The van der Waals surface area contributed by atoms with Gasteiger partial charge in [0.05, 0.1) is 0 Å². The molecule has 0 aliphatic carbocycles. The molecule has 1 aromatic rings. The number of hydrogen-bond donors (Lipinski definition) is 2. The smallest absolute Gasteiger partial charge is 0.303 e. The van der Waals surface area contributed by atoms with Crippen LogP contribution in [0.4, 0.5) is 0 Å². The van der Waals surface area contributed by atoms with Crippen molar-refractivity contribution in [1.82, 2.24) is 0 Å². The van der Waals surface area contributed by atoms with Gasteiger partial charge < -0.3 is 10.2 Å². The van der Waals surface area contributed by atoms with Gasteiger partial charge in [0, 0.05) is 6.42 Å². The lowest BCUT2D eigenvalue weighted by Crippen LogP contribution is -2.07. The highest BCUT2D eigenvalue weighted by Gasteiger charge is 2.18. The van der Waals surface area contributed by atoms with Crippen LogP contribution in [-0.2, 0) is 30.5 Å². The monoisotopic (exact) mass is 530 g/mol. The molecule has 0 saturated heterocycles. The van der Waals surface area contributed by atoms with Gasteiger partial charge in [-0.3, -0.25) is 4.79 Å². The minimum absolute atomic E-state index is 0.164. The Labute approximate surface area is 236 Å². The van der Waals surface area contributed by atoms with Gasteiger partial charge in [0.15, 0.2) is 0 Å². The number of aliphatic carboxylic acids is 1. The Bertz CT molecular complexity index is 724. The SMILES string of the molecule is CCCCCCCCCCCCCCCCCCc1c(CCC(=O)O)cc(CCCC)c(O)c1CCCC. The van der Waals surface area contributed by atoms with Crippen LogP contribution in [0.1, 0.15) is 178 Å². The van der Waals surface area contributed by atoms with E-state index in [-0.39, 0.29) is 6.42 Å². The van der Waals surface area contributed by atoms with E-state index in [0.717, 1.165) is 62.5 Å². The van der Waals surface area contributed by atoms with E-state index in [9.17, 15) is 15.0 Å². The van der Waals surface area contributed by atoms with Crippen LogP contribution in [0.2, 0.25) is 0 Å². The number of benzene rings is 1. The number of carbonyl (C=O) groups is 1. The van der Waals surface area contributed by atoms with Crippen LogP contribution in [0.5, 0.6) is 5.75 Å². The standard InChI is InChI=1S/C35H62O3/c1-4-7-10-11-12-13-14-15-16-17-18-19-20-21-22-23-26-32-30(27-28-34(36)37)29-31(24-8-5-2)35(38)33(32)25-9-6-3/h29,38H,4-28H2,1-3H3,(H,36,37). The summed E-state index contributed by atoms with van der Waals surface area (Å²) in [5.74, 6) is -0.242. The lowest BCUT2D eigenvalue weighted by molar-refractivity contribution is -0.136. The zero-order valence-electron chi connectivity index (χ0n) is 25.6. The van der Waals surface area contributed by atoms with E-state index >= 15 is 0 Å². The number of carboxylic acid groups (broad SMARTS) is 1.